The number of nitrogens with one attached hydrogen (secondary N) is 1. The number of unbranched alkanes of at least 4 members (excludes halogenated alkanes) is 1. The molecule has 0 aliphatic heterocycles. The second-order valence-electron chi connectivity index (χ2n) is 4.93. The Balaban J connectivity index is 2.07. The van der Waals surface area contributed by atoms with Crippen LogP contribution in [0.4, 0.5) is 0 Å². The molecular weight excluding hydrogens is 260 g/mol. The normalized spacial score (nSPS) is 14.8. The molecule has 102 valence electrons. The summed E-state index contributed by atoms with van der Waals surface area (Å²) in [5.41, 5.74) is 2.06. The molecular formula is C13H18N4OS. The minimum atomic E-state index is 0.0136. The van der Waals surface area contributed by atoms with E-state index in [0.29, 0.717) is 5.78 Å². The van der Waals surface area contributed by atoms with Gasteiger partial charge in [0.25, 0.3) is 5.56 Å². The summed E-state index contributed by atoms with van der Waals surface area (Å²) in [5, 5.41) is 9.24. The van der Waals surface area contributed by atoms with Crippen molar-refractivity contribution in [2.24, 2.45) is 0 Å². The van der Waals surface area contributed by atoms with Crippen molar-refractivity contribution in [2.45, 2.75) is 50.6 Å². The summed E-state index contributed by atoms with van der Waals surface area (Å²) in [5.74, 6) is 1.63. The Morgan fingerprint density at radius 1 is 1.32 bits per heavy atom. The SMILES string of the molecule is CCCCSc1nnc2[nH]c(=O)c3c(n12)CCCC3. The first-order valence-corrected chi connectivity index (χ1v) is 7.91. The maximum absolute atomic E-state index is 12.0. The van der Waals surface area contributed by atoms with Gasteiger partial charge in [0.1, 0.15) is 0 Å². The molecule has 2 aromatic heterocycles. The largest absolute Gasteiger partial charge is 0.290 e. The lowest BCUT2D eigenvalue weighted by Crippen LogP contribution is -2.22. The van der Waals surface area contributed by atoms with Gasteiger partial charge in [-0.15, -0.1) is 10.2 Å². The summed E-state index contributed by atoms with van der Waals surface area (Å²) < 4.78 is 2.05. The van der Waals surface area contributed by atoms with Crippen molar-refractivity contribution in [1.82, 2.24) is 19.6 Å². The summed E-state index contributed by atoms with van der Waals surface area (Å²) in [6, 6.07) is 0. The standard InChI is InChI=1S/C13H18N4OS/c1-2-3-8-19-13-16-15-12-14-11(18)9-6-4-5-7-10(9)17(12)13/h2-8H2,1H3,(H,14,15,18). The van der Waals surface area contributed by atoms with E-state index in [1.807, 2.05) is 0 Å². The molecule has 0 saturated carbocycles. The fraction of sp³-hybridized carbons (Fsp3) is 0.615. The molecule has 5 nitrogen and oxygen atoms in total. The van der Waals surface area contributed by atoms with Crippen molar-refractivity contribution in [1.29, 1.82) is 0 Å². The highest BCUT2D eigenvalue weighted by Gasteiger charge is 2.19. The molecule has 0 unspecified atom stereocenters. The van der Waals surface area contributed by atoms with E-state index < -0.39 is 0 Å². The van der Waals surface area contributed by atoms with Gasteiger partial charge in [-0.05, 0) is 32.1 Å². The number of H-pyrrole nitrogens is 1. The van der Waals surface area contributed by atoms with Crippen molar-refractivity contribution in [3.8, 4) is 0 Å². The second-order valence-corrected chi connectivity index (χ2v) is 5.99. The van der Waals surface area contributed by atoms with Gasteiger partial charge < -0.3 is 0 Å². The first-order chi connectivity index (χ1) is 9.31. The second kappa shape index (κ2) is 5.36. The van der Waals surface area contributed by atoms with Crippen molar-refractivity contribution in [2.75, 3.05) is 5.75 Å². The third-order valence-corrected chi connectivity index (χ3v) is 4.59. The van der Waals surface area contributed by atoms with E-state index in [2.05, 4.69) is 26.5 Å². The lowest BCUT2D eigenvalue weighted by Gasteiger charge is -2.16. The molecule has 0 spiro atoms. The molecule has 1 N–H and O–H groups in total. The molecule has 0 fully saturated rings. The predicted molar refractivity (Wildman–Crippen MR) is 75.9 cm³/mol. The van der Waals surface area contributed by atoms with E-state index in [1.165, 1.54) is 12.8 Å². The minimum absolute atomic E-state index is 0.0136. The van der Waals surface area contributed by atoms with E-state index >= 15 is 0 Å². The van der Waals surface area contributed by atoms with Crippen LogP contribution in [0.15, 0.2) is 9.95 Å². The fourth-order valence-electron chi connectivity index (χ4n) is 2.55. The van der Waals surface area contributed by atoms with Gasteiger partial charge in [-0.2, -0.15) is 0 Å². The van der Waals surface area contributed by atoms with E-state index in [-0.39, 0.29) is 5.56 Å². The Labute approximate surface area is 115 Å². The molecule has 2 heterocycles. The summed E-state index contributed by atoms with van der Waals surface area (Å²) in [6.07, 6.45) is 6.42. The van der Waals surface area contributed by atoms with Crippen LogP contribution in [-0.4, -0.2) is 25.3 Å². The molecule has 0 atom stereocenters. The van der Waals surface area contributed by atoms with Crippen LogP contribution < -0.4 is 5.56 Å². The molecule has 0 saturated heterocycles. The Kier molecular flexibility index (Phi) is 3.59. The van der Waals surface area contributed by atoms with Crippen LogP contribution in [0.2, 0.25) is 0 Å². The quantitative estimate of drug-likeness (QED) is 0.688. The number of aryl methyl sites for hydroxylation is 1. The van der Waals surface area contributed by atoms with Crippen LogP contribution in [0.1, 0.15) is 43.9 Å². The van der Waals surface area contributed by atoms with Gasteiger partial charge in [-0.25, -0.2) is 0 Å². The predicted octanol–water partition coefficient (Wildman–Crippen LogP) is 2.19. The van der Waals surface area contributed by atoms with Crippen LogP contribution in [0.25, 0.3) is 5.78 Å². The number of nitrogens with zero attached hydrogens (tertiary/aromatic N) is 3. The van der Waals surface area contributed by atoms with Crippen LogP contribution >= 0.6 is 11.8 Å². The molecule has 0 aromatic carbocycles. The molecule has 3 rings (SSSR count). The number of fused-ring (bicyclic) bond motifs is 3. The zero-order chi connectivity index (χ0) is 13.2. The van der Waals surface area contributed by atoms with E-state index in [4.69, 9.17) is 0 Å². The van der Waals surface area contributed by atoms with Gasteiger partial charge in [0.05, 0.1) is 0 Å². The first kappa shape index (κ1) is 12.7. The third kappa shape index (κ3) is 2.29. The van der Waals surface area contributed by atoms with Crippen molar-refractivity contribution >= 4 is 17.5 Å². The topological polar surface area (TPSA) is 63.0 Å². The van der Waals surface area contributed by atoms with Gasteiger partial charge in [0.2, 0.25) is 5.78 Å². The number of hydrogen-bond acceptors (Lipinski definition) is 4. The Bertz CT molecular complexity index is 646. The minimum Gasteiger partial charge on any atom is -0.290 e. The van der Waals surface area contributed by atoms with Gasteiger partial charge in [0.15, 0.2) is 5.16 Å². The molecule has 2 aromatic rings. The molecule has 1 aliphatic carbocycles. The maximum Gasteiger partial charge on any atom is 0.255 e. The lowest BCUT2D eigenvalue weighted by molar-refractivity contribution is 0.639. The highest BCUT2D eigenvalue weighted by atomic mass is 32.2. The smallest absolute Gasteiger partial charge is 0.255 e. The Morgan fingerprint density at radius 3 is 3.00 bits per heavy atom. The van der Waals surface area contributed by atoms with Gasteiger partial charge in [-0.1, -0.05) is 25.1 Å². The average Bonchev–Trinajstić information content (AvgIpc) is 2.83. The van der Waals surface area contributed by atoms with E-state index in [9.17, 15) is 4.79 Å². The molecule has 0 bridgehead atoms. The number of aromatic nitrogens is 4. The van der Waals surface area contributed by atoms with Crippen molar-refractivity contribution in [3.05, 3.63) is 21.6 Å². The number of aromatic amines is 1. The van der Waals surface area contributed by atoms with Crippen LogP contribution in [0, 0.1) is 0 Å². The lowest BCUT2D eigenvalue weighted by atomic mass is 9.97. The number of hydrogen-bond donors (Lipinski definition) is 1. The molecule has 6 heteroatoms. The monoisotopic (exact) mass is 278 g/mol. The van der Waals surface area contributed by atoms with Gasteiger partial charge in [-0.3, -0.25) is 14.2 Å². The van der Waals surface area contributed by atoms with Crippen LogP contribution in [0.3, 0.4) is 0 Å². The van der Waals surface area contributed by atoms with Crippen molar-refractivity contribution in [3.63, 3.8) is 0 Å². The average molecular weight is 278 g/mol. The highest BCUT2D eigenvalue weighted by Crippen LogP contribution is 2.24. The highest BCUT2D eigenvalue weighted by molar-refractivity contribution is 7.99. The first-order valence-electron chi connectivity index (χ1n) is 6.93. The van der Waals surface area contributed by atoms with Gasteiger partial charge in [0, 0.05) is 17.0 Å². The number of rotatable bonds is 4. The molecule has 0 radical (unpaired) electrons. The summed E-state index contributed by atoms with van der Waals surface area (Å²) in [6.45, 7) is 2.18. The van der Waals surface area contributed by atoms with Crippen molar-refractivity contribution < 1.29 is 0 Å². The Morgan fingerprint density at radius 2 is 2.16 bits per heavy atom. The number of thioether (sulfide) groups is 1. The zero-order valence-electron chi connectivity index (χ0n) is 11.1. The zero-order valence-corrected chi connectivity index (χ0v) is 11.9. The maximum atomic E-state index is 12.0. The fourth-order valence-corrected chi connectivity index (χ4v) is 3.59. The third-order valence-electron chi connectivity index (χ3n) is 3.57. The van der Waals surface area contributed by atoms with Crippen LogP contribution in [-0.2, 0) is 12.8 Å². The molecule has 0 amide bonds. The molecule has 19 heavy (non-hydrogen) atoms. The summed E-state index contributed by atoms with van der Waals surface area (Å²) >= 11 is 1.73. The van der Waals surface area contributed by atoms with E-state index in [1.54, 1.807) is 11.8 Å². The van der Waals surface area contributed by atoms with Gasteiger partial charge >= 0.3 is 0 Å². The summed E-state index contributed by atoms with van der Waals surface area (Å²) in [4.78, 5) is 14.9. The Hall–Kier alpha value is -1.30. The summed E-state index contributed by atoms with van der Waals surface area (Å²) in [7, 11) is 0. The molecule has 1 aliphatic rings. The van der Waals surface area contributed by atoms with Crippen LogP contribution in [0.5, 0.6) is 0 Å². The van der Waals surface area contributed by atoms with E-state index in [0.717, 1.165) is 47.8 Å².